The molecule has 2 aliphatic rings. The van der Waals surface area contributed by atoms with Gasteiger partial charge in [0.1, 0.15) is 5.82 Å². The number of nitrogens with one attached hydrogen (secondary N) is 1. The average Bonchev–Trinajstić information content (AvgIpc) is 2.99. The van der Waals surface area contributed by atoms with Crippen molar-refractivity contribution in [2.24, 2.45) is 17.3 Å². The fourth-order valence-electron chi connectivity index (χ4n) is 3.89. The predicted molar refractivity (Wildman–Crippen MR) is 86.1 cm³/mol. The summed E-state index contributed by atoms with van der Waals surface area (Å²) in [6.07, 6.45) is 5.02. The summed E-state index contributed by atoms with van der Waals surface area (Å²) >= 11 is 5.94. The molecule has 0 aromatic heterocycles. The maximum Gasteiger partial charge on any atom is 0.141 e. The van der Waals surface area contributed by atoms with E-state index in [9.17, 15) is 4.39 Å². The van der Waals surface area contributed by atoms with E-state index in [0.29, 0.717) is 5.41 Å². The Morgan fingerprint density at radius 3 is 2.52 bits per heavy atom. The van der Waals surface area contributed by atoms with Crippen molar-refractivity contribution >= 4 is 11.6 Å². The Kier molecular flexibility index (Phi) is 3.82. The van der Waals surface area contributed by atoms with Crippen LogP contribution in [0.4, 0.5) is 4.39 Å². The molecule has 0 bridgehead atoms. The third kappa shape index (κ3) is 3.60. The lowest BCUT2D eigenvalue weighted by Crippen LogP contribution is -2.44. The third-order valence-corrected chi connectivity index (χ3v) is 5.31. The highest BCUT2D eigenvalue weighted by atomic mass is 35.5. The largest absolute Gasteiger partial charge is 0.312 e. The van der Waals surface area contributed by atoms with Crippen molar-refractivity contribution in [3.8, 4) is 0 Å². The number of halogens is 2. The van der Waals surface area contributed by atoms with Crippen molar-refractivity contribution in [2.45, 2.75) is 52.0 Å². The van der Waals surface area contributed by atoms with Gasteiger partial charge >= 0.3 is 0 Å². The zero-order chi connectivity index (χ0) is 15.3. The number of fused-ring (bicyclic) bond motifs is 1. The normalized spacial score (nSPS) is 31.3. The average molecular weight is 310 g/mol. The minimum Gasteiger partial charge on any atom is -0.312 e. The molecule has 0 saturated heterocycles. The van der Waals surface area contributed by atoms with Crippen LogP contribution in [-0.4, -0.2) is 12.1 Å². The highest BCUT2D eigenvalue weighted by Gasteiger charge is 2.53. The second-order valence-electron chi connectivity index (χ2n) is 8.19. The predicted octanol–water partition coefficient (Wildman–Crippen LogP) is 4.83. The van der Waals surface area contributed by atoms with Crippen LogP contribution in [0.2, 0.25) is 5.02 Å². The van der Waals surface area contributed by atoms with E-state index in [0.717, 1.165) is 24.8 Å². The summed E-state index contributed by atoms with van der Waals surface area (Å²) in [6.45, 7) is 7.68. The molecule has 2 atom stereocenters. The molecule has 2 fully saturated rings. The number of hydrogen-bond donors (Lipinski definition) is 1. The summed E-state index contributed by atoms with van der Waals surface area (Å²) in [4.78, 5) is 0. The van der Waals surface area contributed by atoms with Gasteiger partial charge in [-0.3, -0.25) is 0 Å². The van der Waals surface area contributed by atoms with Crippen molar-refractivity contribution in [3.05, 3.63) is 34.6 Å². The summed E-state index contributed by atoms with van der Waals surface area (Å²) in [7, 11) is 0. The molecule has 116 valence electrons. The van der Waals surface area contributed by atoms with Crippen molar-refractivity contribution < 1.29 is 4.39 Å². The van der Waals surface area contributed by atoms with Crippen molar-refractivity contribution in [1.82, 2.24) is 5.32 Å². The molecule has 2 unspecified atom stereocenters. The molecule has 0 heterocycles. The second kappa shape index (κ2) is 5.24. The van der Waals surface area contributed by atoms with Gasteiger partial charge < -0.3 is 5.32 Å². The van der Waals surface area contributed by atoms with Gasteiger partial charge in [-0.25, -0.2) is 4.39 Å². The van der Waals surface area contributed by atoms with Gasteiger partial charge in [-0.1, -0.05) is 17.7 Å². The van der Waals surface area contributed by atoms with E-state index in [2.05, 4.69) is 26.1 Å². The summed E-state index contributed by atoms with van der Waals surface area (Å²) in [5.74, 6) is 1.54. The lowest BCUT2D eigenvalue weighted by Gasteiger charge is -2.35. The first kappa shape index (κ1) is 15.3. The summed E-state index contributed by atoms with van der Waals surface area (Å²) in [5, 5.41) is 3.93. The van der Waals surface area contributed by atoms with Gasteiger partial charge in [0.2, 0.25) is 0 Å². The van der Waals surface area contributed by atoms with E-state index in [-0.39, 0.29) is 16.4 Å². The molecule has 0 amide bonds. The van der Waals surface area contributed by atoms with Crippen molar-refractivity contribution in [3.63, 3.8) is 0 Å². The zero-order valence-electron chi connectivity index (χ0n) is 13.2. The van der Waals surface area contributed by atoms with E-state index in [4.69, 9.17) is 11.6 Å². The van der Waals surface area contributed by atoms with Crippen LogP contribution < -0.4 is 5.32 Å². The topological polar surface area (TPSA) is 12.0 Å². The first-order valence-electron chi connectivity index (χ1n) is 7.95. The molecular formula is C18H25ClFN. The first-order chi connectivity index (χ1) is 9.76. The molecule has 0 spiro atoms. The lowest BCUT2D eigenvalue weighted by molar-refractivity contribution is 0.222. The Hall–Kier alpha value is -0.600. The van der Waals surface area contributed by atoms with Crippen LogP contribution >= 0.6 is 11.6 Å². The minimum atomic E-state index is -0.323. The SMILES string of the molecule is CC(C)(C)NCC1(Cc2ccc(F)c(Cl)c2)CC2CC2C1. The maximum atomic E-state index is 13.3. The van der Waals surface area contributed by atoms with Gasteiger partial charge in [-0.2, -0.15) is 0 Å². The van der Waals surface area contributed by atoms with E-state index < -0.39 is 0 Å². The highest BCUT2D eigenvalue weighted by molar-refractivity contribution is 6.30. The van der Waals surface area contributed by atoms with Crippen LogP contribution in [-0.2, 0) is 6.42 Å². The Balaban J connectivity index is 1.74. The Morgan fingerprint density at radius 2 is 1.95 bits per heavy atom. The quantitative estimate of drug-likeness (QED) is 0.840. The second-order valence-corrected chi connectivity index (χ2v) is 8.60. The van der Waals surface area contributed by atoms with E-state index in [1.165, 1.54) is 30.9 Å². The van der Waals surface area contributed by atoms with Crippen LogP contribution in [0.15, 0.2) is 18.2 Å². The van der Waals surface area contributed by atoms with E-state index in [1.54, 1.807) is 6.07 Å². The molecule has 2 aliphatic carbocycles. The standard InChI is InChI=1S/C18H25ClFN/c1-17(2,3)21-11-18(9-13-7-14(13)10-18)8-12-4-5-16(20)15(19)6-12/h4-6,13-14,21H,7-11H2,1-3H3. The molecule has 1 aromatic rings. The van der Waals surface area contributed by atoms with Crippen LogP contribution in [0.1, 0.15) is 45.6 Å². The van der Waals surface area contributed by atoms with E-state index in [1.807, 2.05) is 6.07 Å². The monoisotopic (exact) mass is 309 g/mol. The van der Waals surface area contributed by atoms with Crippen molar-refractivity contribution in [1.29, 1.82) is 0 Å². The van der Waals surface area contributed by atoms with Gasteiger partial charge in [-0.15, -0.1) is 0 Å². The molecule has 0 aliphatic heterocycles. The fraction of sp³-hybridized carbons (Fsp3) is 0.667. The number of hydrogen-bond acceptors (Lipinski definition) is 1. The number of benzene rings is 1. The molecule has 3 rings (SSSR count). The summed E-state index contributed by atoms with van der Waals surface area (Å²) in [5.41, 5.74) is 1.63. The molecular weight excluding hydrogens is 285 g/mol. The molecule has 1 aromatic carbocycles. The maximum absolute atomic E-state index is 13.3. The first-order valence-corrected chi connectivity index (χ1v) is 8.33. The van der Waals surface area contributed by atoms with Crippen LogP contribution in [0.3, 0.4) is 0 Å². The molecule has 2 saturated carbocycles. The van der Waals surface area contributed by atoms with Gasteiger partial charge in [0, 0.05) is 12.1 Å². The Morgan fingerprint density at radius 1 is 1.29 bits per heavy atom. The minimum absolute atomic E-state index is 0.139. The van der Waals surface area contributed by atoms with Crippen molar-refractivity contribution in [2.75, 3.05) is 6.54 Å². The zero-order valence-corrected chi connectivity index (χ0v) is 13.9. The van der Waals surface area contributed by atoms with Gasteiger partial charge in [-0.05, 0) is 81.4 Å². The Labute approximate surface area is 132 Å². The molecule has 1 N–H and O–H groups in total. The highest BCUT2D eigenvalue weighted by Crippen LogP contribution is 2.60. The summed E-state index contributed by atoms with van der Waals surface area (Å²) in [6, 6.07) is 5.20. The van der Waals surface area contributed by atoms with E-state index >= 15 is 0 Å². The van der Waals surface area contributed by atoms with Gasteiger partial charge in [0.05, 0.1) is 5.02 Å². The lowest BCUT2D eigenvalue weighted by atomic mass is 9.77. The van der Waals surface area contributed by atoms with Gasteiger partial charge in [0.25, 0.3) is 0 Å². The smallest absolute Gasteiger partial charge is 0.141 e. The van der Waals surface area contributed by atoms with Crippen LogP contribution in [0.25, 0.3) is 0 Å². The van der Waals surface area contributed by atoms with Crippen LogP contribution in [0, 0.1) is 23.1 Å². The molecule has 21 heavy (non-hydrogen) atoms. The molecule has 3 heteroatoms. The Bertz CT molecular complexity index is 525. The number of rotatable bonds is 4. The van der Waals surface area contributed by atoms with Crippen LogP contribution in [0.5, 0.6) is 0 Å². The molecule has 0 radical (unpaired) electrons. The fourth-order valence-corrected chi connectivity index (χ4v) is 4.10. The third-order valence-electron chi connectivity index (χ3n) is 5.02. The molecule has 1 nitrogen and oxygen atoms in total. The van der Waals surface area contributed by atoms with Gasteiger partial charge in [0.15, 0.2) is 0 Å². The summed E-state index contributed by atoms with van der Waals surface area (Å²) < 4.78 is 13.3.